The van der Waals surface area contributed by atoms with E-state index in [9.17, 15) is 9.18 Å². The van der Waals surface area contributed by atoms with Gasteiger partial charge in [-0.1, -0.05) is 18.5 Å². The number of thioether (sulfide) groups is 1. The lowest BCUT2D eigenvalue weighted by molar-refractivity contribution is 0.175. The molecule has 32 heavy (non-hydrogen) atoms. The van der Waals surface area contributed by atoms with Gasteiger partial charge in [0.1, 0.15) is 16.6 Å². The standard InChI is InChI=1S/C23H24ClFN4O2S/c1-3-32-21-20(15-4-7-17(31-2)8-5-15)27-23(28-21)10-12-29(13-11-23)22(30)26-16-6-9-19(25)18(24)14-16/h4-9,14H,3,10-13H2,1-2H3,(H,26,30). The Bertz CT molecular complexity index is 1070. The van der Waals surface area contributed by atoms with Crippen LogP contribution in [0.2, 0.25) is 5.02 Å². The van der Waals surface area contributed by atoms with E-state index >= 15 is 0 Å². The van der Waals surface area contributed by atoms with Gasteiger partial charge >= 0.3 is 6.03 Å². The quantitative estimate of drug-likeness (QED) is 0.639. The summed E-state index contributed by atoms with van der Waals surface area (Å²) in [7, 11) is 1.64. The number of hydrogen-bond acceptors (Lipinski definition) is 5. The summed E-state index contributed by atoms with van der Waals surface area (Å²) >= 11 is 7.49. The van der Waals surface area contributed by atoms with Crippen LogP contribution >= 0.6 is 23.4 Å². The molecule has 2 aliphatic heterocycles. The highest BCUT2D eigenvalue weighted by atomic mass is 35.5. The van der Waals surface area contributed by atoms with Crippen molar-refractivity contribution in [3.63, 3.8) is 0 Å². The average Bonchev–Trinajstić information content (AvgIpc) is 3.14. The Balaban J connectivity index is 1.46. The van der Waals surface area contributed by atoms with Gasteiger partial charge in [-0.2, -0.15) is 0 Å². The molecule has 2 aromatic carbocycles. The third kappa shape index (κ3) is 4.76. The van der Waals surface area contributed by atoms with Crippen LogP contribution < -0.4 is 10.1 Å². The number of piperidine rings is 1. The number of hydrogen-bond donors (Lipinski definition) is 1. The number of halogens is 2. The first kappa shape index (κ1) is 22.6. The minimum Gasteiger partial charge on any atom is -0.497 e. The summed E-state index contributed by atoms with van der Waals surface area (Å²) in [6, 6.07) is 11.7. The Morgan fingerprint density at radius 3 is 2.56 bits per heavy atom. The molecule has 2 heterocycles. The van der Waals surface area contributed by atoms with Gasteiger partial charge in [0.15, 0.2) is 5.66 Å². The molecule has 168 valence electrons. The molecule has 0 atom stereocenters. The van der Waals surface area contributed by atoms with Crippen LogP contribution in [0, 0.1) is 5.82 Å². The second-order valence-corrected chi connectivity index (χ2v) is 9.23. The molecule has 0 unspecified atom stereocenters. The average molecular weight is 475 g/mol. The molecule has 6 nitrogen and oxygen atoms in total. The van der Waals surface area contributed by atoms with Gasteiger partial charge < -0.3 is 15.0 Å². The molecule has 2 aliphatic rings. The molecule has 1 spiro atoms. The first-order valence-corrected chi connectivity index (χ1v) is 11.8. The Kier molecular flexibility index (Phi) is 6.71. The minimum absolute atomic E-state index is 0.0259. The van der Waals surface area contributed by atoms with Gasteiger partial charge in [-0.05, 0) is 48.2 Å². The molecule has 0 aliphatic carbocycles. The van der Waals surface area contributed by atoms with Gasteiger partial charge in [0.25, 0.3) is 0 Å². The van der Waals surface area contributed by atoms with Gasteiger partial charge in [-0.3, -0.25) is 4.99 Å². The second kappa shape index (κ2) is 9.50. The third-order valence-corrected chi connectivity index (χ3v) is 6.64. The summed E-state index contributed by atoms with van der Waals surface area (Å²) in [5, 5.41) is 3.70. The molecule has 0 aromatic heterocycles. The SMILES string of the molecule is CCSC1=NC2(CCN(C(=O)Nc3ccc(F)c(Cl)c3)CC2)N=C1c1ccc(OC)cc1. The van der Waals surface area contributed by atoms with Crippen molar-refractivity contribution >= 4 is 45.8 Å². The zero-order valence-electron chi connectivity index (χ0n) is 17.9. The third-order valence-electron chi connectivity index (χ3n) is 5.50. The van der Waals surface area contributed by atoms with E-state index in [0.717, 1.165) is 27.8 Å². The highest BCUT2D eigenvalue weighted by molar-refractivity contribution is 8.15. The van der Waals surface area contributed by atoms with Gasteiger partial charge in [-0.15, -0.1) is 11.8 Å². The van der Waals surface area contributed by atoms with Crippen LogP contribution in [0.15, 0.2) is 52.4 Å². The maximum absolute atomic E-state index is 13.4. The number of aliphatic imine (C=N–C) groups is 2. The van der Waals surface area contributed by atoms with E-state index in [1.54, 1.807) is 23.8 Å². The van der Waals surface area contributed by atoms with Gasteiger partial charge in [0.05, 0.1) is 17.8 Å². The molecule has 9 heteroatoms. The van der Waals surface area contributed by atoms with Gasteiger partial charge in [-0.25, -0.2) is 14.2 Å². The summed E-state index contributed by atoms with van der Waals surface area (Å²) in [6.07, 6.45) is 1.27. The van der Waals surface area contributed by atoms with Gasteiger partial charge in [0.2, 0.25) is 0 Å². The van der Waals surface area contributed by atoms with Gasteiger partial charge in [0, 0.05) is 37.2 Å². The van der Waals surface area contributed by atoms with E-state index in [2.05, 4.69) is 12.2 Å². The number of rotatable bonds is 4. The molecular weight excluding hydrogens is 451 g/mol. The Labute approximate surface area is 195 Å². The van der Waals surface area contributed by atoms with Crippen LogP contribution in [-0.4, -0.2) is 53.3 Å². The van der Waals surface area contributed by atoms with E-state index in [0.29, 0.717) is 31.6 Å². The molecule has 1 N–H and O–H groups in total. The normalized spacial score (nSPS) is 17.2. The van der Waals surface area contributed by atoms with Crippen LogP contribution in [-0.2, 0) is 0 Å². The monoisotopic (exact) mass is 474 g/mol. The predicted molar refractivity (Wildman–Crippen MR) is 129 cm³/mol. The van der Waals surface area contributed by atoms with E-state index in [1.807, 2.05) is 24.3 Å². The van der Waals surface area contributed by atoms with Crippen LogP contribution in [0.1, 0.15) is 25.3 Å². The Morgan fingerprint density at radius 2 is 1.94 bits per heavy atom. The van der Waals surface area contributed by atoms with Crippen molar-refractivity contribution in [3.05, 3.63) is 58.9 Å². The molecular formula is C23H24ClFN4O2S. The molecule has 1 saturated heterocycles. The fraction of sp³-hybridized carbons (Fsp3) is 0.348. The largest absolute Gasteiger partial charge is 0.497 e. The summed E-state index contributed by atoms with van der Waals surface area (Å²) in [6.45, 7) is 3.14. The van der Waals surface area contributed by atoms with Crippen molar-refractivity contribution in [2.24, 2.45) is 9.98 Å². The number of carbonyl (C=O) groups excluding carboxylic acids is 1. The highest BCUT2D eigenvalue weighted by Gasteiger charge is 2.40. The van der Waals surface area contributed by atoms with Crippen molar-refractivity contribution in [1.29, 1.82) is 0 Å². The summed E-state index contributed by atoms with van der Waals surface area (Å²) < 4.78 is 18.6. The van der Waals surface area contributed by atoms with Crippen LogP contribution in [0.4, 0.5) is 14.9 Å². The molecule has 4 rings (SSSR count). The molecule has 2 amide bonds. The predicted octanol–water partition coefficient (Wildman–Crippen LogP) is 5.47. The lowest BCUT2D eigenvalue weighted by Gasteiger charge is -2.35. The number of benzene rings is 2. The maximum atomic E-state index is 13.4. The topological polar surface area (TPSA) is 66.3 Å². The van der Waals surface area contributed by atoms with Crippen LogP contribution in [0.5, 0.6) is 5.75 Å². The molecule has 0 saturated carbocycles. The fourth-order valence-corrected chi connectivity index (χ4v) is 4.75. The number of amides is 2. The maximum Gasteiger partial charge on any atom is 0.321 e. The number of urea groups is 1. The molecule has 1 fully saturated rings. The number of ether oxygens (including phenoxy) is 1. The zero-order valence-corrected chi connectivity index (χ0v) is 19.5. The van der Waals surface area contributed by atoms with Crippen molar-refractivity contribution in [2.75, 3.05) is 31.3 Å². The van der Waals surface area contributed by atoms with Crippen molar-refractivity contribution < 1.29 is 13.9 Å². The first-order valence-electron chi connectivity index (χ1n) is 10.4. The highest BCUT2D eigenvalue weighted by Crippen LogP contribution is 2.36. The van der Waals surface area contributed by atoms with E-state index in [1.165, 1.54) is 18.2 Å². The lowest BCUT2D eigenvalue weighted by Crippen LogP contribution is -2.46. The second-order valence-electron chi connectivity index (χ2n) is 7.57. The van der Waals surface area contributed by atoms with Crippen LogP contribution in [0.3, 0.4) is 0 Å². The number of nitrogens with zero attached hydrogens (tertiary/aromatic N) is 3. The molecule has 2 aromatic rings. The Hall–Kier alpha value is -2.58. The lowest BCUT2D eigenvalue weighted by atomic mass is 9.98. The van der Waals surface area contributed by atoms with Crippen LogP contribution in [0.25, 0.3) is 0 Å². The van der Waals surface area contributed by atoms with Crippen molar-refractivity contribution in [1.82, 2.24) is 4.90 Å². The number of carbonyl (C=O) groups is 1. The van der Waals surface area contributed by atoms with E-state index in [4.69, 9.17) is 26.3 Å². The zero-order chi connectivity index (χ0) is 22.7. The summed E-state index contributed by atoms with van der Waals surface area (Å²) in [4.78, 5) is 24.4. The number of nitrogens with one attached hydrogen (secondary N) is 1. The Morgan fingerprint density at radius 1 is 1.22 bits per heavy atom. The smallest absolute Gasteiger partial charge is 0.321 e. The summed E-state index contributed by atoms with van der Waals surface area (Å²) in [5.74, 6) is 1.18. The van der Waals surface area contributed by atoms with E-state index < -0.39 is 11.5 Å². The number of methoxy groups -OCH3 is 1. The molecule has 0 radical (unpaired) electrons. The fourth-order valence-electron chi connectivity index (χ4n) is 3.77. The number of anilines is 1. The van der Waals surface area contributed by atoms with Crippen molar-refractivity contribution in [2.45, 2.75) is 25.4 Å². The minimum atomic E-state index is -0.539. The summed E-state index contributed by atoms with van der Waals surface area (Å²) in [5.41, 5.74) is 1.83. The number of likely N-dealkylation sites (tertiary alicyclic amines) is 1. The van der Waals surface area contributed by atoms with Crippen molar-refractivity contribution in [3.8, 4) is 5.75 Å². The molecule has 0 bridgehead atoms. The first-order chi connectivity index (χ1) is 15.4. The van der Waals surface area contributed by atoms with E-state index in [-0.39, 0.29) is 11.1 Å².